The minimum Gasteiger partial charge on any atom is -0.368 e. The largest absolute Gasteiger partial charge is 0.368 e. The average Bonchev–Trinajstić information content (AvgIpc) is 3.89. The van der Waals surface area contributed by atoms with Crippen LogP contribution < -0.4 is 48.4 Å². The molecule has 0 saturated carbocycles. The van der Waals surface area contributed by atoms with Crippen molar-refractivity contribution in [2.24, 2.45) is 17.6 Å². The van der Waals surface area contributed by atoms with E-state index in [4.69, 9.17) is 10.9 Å². The van der Waals surface area contributed by atoms with Gasteiger partial charge in [0, 0.05) is 42.9 Å². The second-order valence-corrected chi connectivity index (χ2v) is 16.0. The van der Waals surface area contributed by atoms with Gasteiger partial charge in [0.2, 0.25) is 47.3 Å². The molecule has 1 unspecified atom stereocenters. The van der Waals surface area contributed by atoms with Crippen LogP contribution in [0.2, 0.25) is 0 Å². The van der Waals surface area contributed by atoms with Crippen molar-refractivity contribution in [2.45, 2.75) is 114 Å². The van der Waals surface area contributed by atoms with Gasteiger partial charge in [-0.25, -0.2) is 10.3 Å². The summed E-state index contributed by atoms with van der Waals surface area (Å²) in [5.74, 6) is -4.32. The number of nitrogens with zero attached hydrogens (tertiary/aromatic N) is 1. The Bertz CT molecular complexity index is 1430. The number of carbonyl (C=O) groups excluding carboxylic acids is 9. The highest BCUT2D eigenvalue weighted by Crippen LogP contribution is 2.33. The number of hydroxylamine groups is 1. The lowest BCUT2D eigenvalue weighted by Gasteiger charge is -2.25. The van der Waals surface area contributed by atoms with Crippen LogP contribution >= 0.6 is 11.8 Å². The number of likely N-dealkylation sites (tertiary alicyclic amines) is 1. The Morgan fingerprint density at radius 2 is 1.64 bits per heavy atom. The fraction of sp³-hybridized carbons (Fsp3) is 0.743. The van der Waals surface area contributed by atoms with Gasteiger partial charge in [-0.05, 0) is 57.3 Å². The van der Waals surface area contributed by atoms with Gasteiger partial charge in [-0.2, -0.15) is 11.8 Å². The molecule has 0 bridgehead atoms. The number of nitrogens with two attached hydrogens (primary N) is 1. The van der Waals surface area contributed by atoms with E-state index in [1.54, 1.807) is 0 Å². The van der Waals surface area contributed by atoms with E-state index in [0.29, 0.717) is 50.3 Å². The van der Waals surface area contributed by atoms with Crippen LogP contribution in [0.1, 0.15) is 84.5 Å². The molecule has 314 valence electrons. The van der Waals surface area contributed by atoms with Crippen LogP contribution in [-0.2, 0) is 38.4 Å². The van der Waals surface area contributed by atoms with Crippen molar-refractivity contribution < 1.29 is 48.4 Å². The van der Waals surface area contributed by atoms with Gasteiger partial charge in [0.15, 0.2) is 0 Å². The van der Waals surface area contributed by atoms with Gasteiger partial charge in [-0.15, -0.1) is 0 Å². The highest BCUT2D eigenvalue weighted by Gasteiger charge is 2.42. The molecular formula is C35H58N10O10S. The van der Waals surface area contributed by atoms with Crippen molar-refractivity contribution in [1.82, 2.24) is 47.6 Å². The molecule has 56 heavy (non-hydrogen) atoms. The van der Waals surface area contributed by atoms with E-state index in [-0.39, 0.29) is 49.3 Å². The van der Waals surface area contributed by atoms with Crippen molar-refractivity contribution in [3.63, 3.8) is 0 Å². The van der Waals surface area contributed by atoms with Crippen molar-refractivity contribution in [2.75, 3.05) is 38.5 Å². The number of rotatable bonds is 24. The summed E-state index contributed by atoms with van der Waals surface area (Å²) in [6, 6.07) is -1.65. The van der Waals surface area contributed by atoms with E-state index in [9.17, 15) is 43.2 Å². The number of carbonyl (C=O) groups is 9. The first kappa shape index (κ1) is 45.7. The predicted molar refractivity (Wildman–Crippen MR) is 203 cm³/mol. The third-order valence-electron chi connectivity index (χ3n) is 9.84. The second kappa shape index (κ2) is 23.4. The van der Waals surface area contributed by atoms with Crippen molar-refractivity contribution in [3.05, 3.63) is 0 Å². The average molecular weight is 811 g/mol. The molecular weight excluding hydrogens is 753 g/mol. The molecule has 3 rings (SSSR count). The highest BCUT2D eigenvalue weighted by atomic mass is 32.2. The summed E-state index contributed by atoms with van der Waals surface area (Å²) in [5, 5.41) is 27.7. The maximum absolute atomic E-state index is 12.9. The Balaban J connectivity index is 1.27. The quantitative estimate of drug-likeness (QED) is 0.0217. The number of hydrogen-bond donors (Lipinski definition) is 10. The van der Waals surface area contributed by atoms with Gasteiger partial charge in [-0.1, -0.05) is 20.3 Å². The Morgan fingerprint density at radius 3 is 2.36 bits per heavy atom. The monoisotopic (exact) mass is 810 g/mol. The molecule has 3 aliphatic heterocycles. The van der Waals surface area contributed by atoms with Crippen LogP contribution in [0.15, 0.2) is 0 Å². The number of fused-ring (bicyclic) bond motifs is 1. The van der Waals surface area contributed by atoms with Crippen LogP contribution in [0.4, 0.5) is 4.79 Å². The summed E-state index contributed by atoms with van der Waals surface area (Å²) in [4.78, 5) is 112. The van der Waals surface area contributed by atoms with Crippen LogP contribution in [0.5, 0.6) is 0 Å². The molecule has 6 atom stereocenters. The fourth-order valence-corrected chi connectivity index (χ4v) is 8.53. The van der Waals surface area contributed by atoms with E-state index in [0.717, 1.165) is 25.0 Å². The number of hydrogen-bond acceptors (Lipinski definition) is 11. The number of urea groups is 1. The van der Waals surface area contributed by atoms with Crippen molar-refractivity contribution >= 4 is 65.1 Å². The maximum atomic E-state index is 12.9. The van der Waals surface area contributed by atoms with E-state index in [1.807, 2.05) is 25.6 Å². The van der Waals surface area contributed by atoms with Gasteiger partial charge in [-0.3, -0.25) is 43.6 Å². The number of thioether (sulfide) groups is 1. The fourth-order valence-electron chi connectivity index (χ4n) is 6.99. The van der Waals surface area contributed by atoms with Crippen LogP contribution in [0.3, 0.4) is 0 Å². The van der Waals surface area contributed by atoms with Gasteiger partial charge in [0.05, 0.1) is 31.7 Å². The normalized spacial score (nSPS) is 20.9. The lowest BCUT2D eigenvalue weighted by molar-refractivity contribution is -0.140. The Labute approximate surface area is 330 Å². The van der Waals surface area contributed by atoms with E-state index in [1.165, 1.54) is 10.4 Å². The molecule has 0 aromatic carbocycles. The maximum Gasteiger partial charge on any atom is 0.315 e. The first-order chi connectivity index (χ1) is 26.7. The molecule has 3 aliphatic rings. The number of primary amides is 1. The third kappa shape index (κ3) is 15.5. The Kier molecular flexibility index (Phi) is 19.1. The zero-order valence-electron chi connectivity index (χ0n) is 32.1. The first-order valence-electron chi connectivity index (χ1n) is 19.3. The Hall–Kier alpha value is -4.66. The van der Waals surface area contributed by atoms with E-state index in [2.05, 4.69) is 37.2 Å². The summed E-state index contributed by atoms with van der Waals surface area (Å²) in [6.07, 6.45) is 5.16. The number of unbranched alkanes of at least 4 members (excludes halogenated alkanes) is 2. The molecule has 3 heterocycles. The van der Waals surface area contributed by atoms with Crippen LogP contribution in [0, 0.1) is 11.8 Å². The smallest absolute Gasteiger partial charge is 0.315 e. The molecule has 3 saturated heterocycles. The van der Waals surface area contributed by atoms with E-state index < -0.39 is 79.0 Å². The topological polar surface area (TPSA) is 299 Å². The highest BCUT2D eigenvalue weighted by molar-refractivity contribution is 8.00. The molecule has 3 fully saturated rings. The van der Waals surface area contributed by atoms with Crippen LogP contribution in [-0.4, -0.2) is 131 Å². The molecule has 20 nitrogen and oxygen atoms in total. The number of amides is 10. The minimum absolute atomic E-state index is 0.0699. The zero-order valence-corrected chi connectivity index (χ0v) is 32.9. The minimum atomic E-state index is -0.987. The van der Waals surface area contributed by atoms with Gasteiger partial charge in [0.1, 0.15) is 12.1 Å². The molecule has 0 radical (unpaired) electrons. The molecule has 11 N–H and O–H groups in total. The van der Waals surface area contributed by atoms with Crippen molar-refractivity contribution in [1.29, 1.82) is 0 Å². The Morgan fingerprint density at radius 1 is 0.893 bits per heavy atom. The zero-order chi connectivity index (χ0) is 41.2. The molecule has 0 aromatic rings. The summed E-state index contributed by atoms with van der Waals surface area (Å²) < 4.78 is 0. The van der Waals surface area contributed by atoms with E-state index >= 15 is 0 Å². The molecule has 0 spiro atoms. The second-order valence-electron chi connectivity index (χ2n) is 14.8. The van der Waals surface area contributed by atoms with Gasteiger partial charge in [0.25, 0.3) is 0 Å². The summed E-state index contributed by atoms with van der Waals surface area (Å²) >= 11 is 1.84. The standard InChI is InChI=1S/C35H58N10O10S/c1-20(2)14-21(15-27(47)44-55)33(52)40-18-30(50)45-13-7-9-24(45)34(53)39-16-28(48)38-17-29(49)41-22(32(36)51)8-5-6-12-37-26(46)11-4-3-10-25-31-23(19-56-25)42-35(54)43-31/h20-25,31,55H,3-19H2,1-2H3,(H2,36,51)(H,37,46)(H,38,48)(H,39,53)(H,40,52)(H,41,49)(H,44,47)(H2,42,43,54)/t21?,22-,23-,24-,25-,31-/m0/s1. The molecule has 0 aliphatic carbocycles. The summed E-state index contributed by atoms with van der Waals surface area (Å²) in [5.41, 5.74) is 6.96. The molecule has 21 heteroatoms. The number of nitrogens with one attached hydrogen (secondary N) is 8. The van der Waals surface area contributed by atoms with Gasteiger partial charge >= 0.3 is 6.03 Å². The lowest BCUT2D eigenvalue weighted by atomic mass is 9.93. The predicted octanol–water partition coefficient (Wildman–Crippen LogP) is -2.13. The molecule has 10 amide bonds. The summed E-state index contributed by atoms with van der Waals surface area (Å²) in [7, 11) is 0. The summed E-state index contributed by atoms with van der Waals surface area (Å²) in [6.45, 7) is 3.04. The van der Waals surface area contributed by atoms with Crippen molar-refractivity contribution in [3.8, 4) is 0 Å². The molecule has 0 aromatic heterocycles. The third-order valence-corrected chi connectivity index (χ3v) is 11.4. The first-order valence-corrected chi connectivity index (χ1v) is 20.3. The SMILES string of the molecule is CC(C)CC(CC(=O)NO)C(=O)NCC(=O)N1CCC[C@H]1C(=O)NCC(=O)NCC(=O)N[C@@H](CCCCNC(=O)CCCC[C@@H]1SC[C@@H]2NC(=O)N[C@@H]21)C(N)=O. The van der Waals surface area contributed by atoms with Crippen LogP contribution in [0.25, 0.3) is 0 Å². The lowest BCUT2D eigenvalue weighted by Crippen LogP contribution is -2.51. The van der Waals surface area contributed by atoms with Gasteiger partial charge < -0.3 is 47.9 Å².